The maximum atomic E-state index is 12.4. The fourth-order valence-electron chi connectivity index (χ4n) is 3.24. The van der Waals surface area contributed by atoms with Crippen LogP contribution in [0.1, 0.15) is 41.6 Å². The van der Waals surface area contributed by atoms with Crippen LogP contribution in [0, 0.1) is 0 Å². The van der Waals surface area contributed by atoms with Gasteiger partial charge in [-0.3, -0.25) is 9.48 Å². The molecule has 4 nitrogen and oxygen atoms in total. The number of nitrogens with zero attached hydrogens (tertiary/aromatic N) is 2. The van der Waals surface area contributed by atoms with Gasteiger partial charge in [0, 0.05) is 18.8 Å². The van der Waals surface area contributed by atoms with Crippen molar-refractivity contribution in [2.75, 3.05) is 0 Å². The van der Waals surface area contributed by atoms with E-state index in [4.69, 9.17) is 0 Å². The third-order valence-corrected chi connectivity index (χ3v) is 4.29. The zero-order valence-electron chi connectivity index (χ0n) is 12.4. The molecule has 1 saturated carbocycles. The third-order valence-electron chi connectivity index (χ3n) is 4.29. The van der Waals surface area contributed by atoms with Crippen LogP contribution in [0.4, 0.5) is 0 Å². The summed E-state index contributed by atoms with van der Waals surface area (Å²) in [5.74, 6) is -0.0130. The molecule has 0 atom stereocenters. The number of aromatic nitrogens is 2. The zero-order valence-corrected chi connectivity index (χ0v) is 12.4. The van der Waals surface area contributed by atoms with Gasteiger partial charge in [0.2, 0.25) is 0 Å². The molecule has 2 aromatic rings. The second kappa shape index (κ2) is 5.72. The maximum Gasteiger partial charge on any atom is 0.254 e. The average Bonchev–Trinajstić information content (AvgIpc) is 3.10. The minimum Gasteiger partial charge on any atom is -0.346 e. The smallest absolute Gasteiger partial charge is 0.254 e. The van der Waals surface area contributed by atoms with Crippen molar-refractivity contribution in [2.45, 2.75) is 37.6 Å². The van der Waals surface area contributed by atoms with Crippen LogP contribution in [0.25, 0.3) is 0 Å². The number of benzene rings is 1. The first-order valence-electron chi connectivity index (χ1n) is 7.52. The summed E-state index contributed by atoms with van der Waals surface area (Å²) in [7, 11) is 1.83. The molecule has 1 fully saturated rings. The molecular formula is C17H21N3O. The van der Waals surface area contributed by atoms with Gasteiger partial charge in [-0.2, -0.15) is 5.10 Å². The van der Waals surface area contributed by atoms with Crippen molar-refractivity contribution in [2.24, 2.45) is 7.05 Å². The molecule has 1 aromatic carbocycles. The summed E-state index contributed by atoms with van der Waals surface area (Å²) in [4.78, 5) is 12.4. The molecule has 0 aliphatic heterocycles. The molecule has 0 saturated heterocycles. The molecule has 1 aromatic heterocycles. The van der Waals surface area contributed by atoms with Gasteiger partial charge in [0.25, 0.3) is 5.91 Å². The highest BCUT2D eigenvalue weighted by Crippen LogP contribution is 2.33. The van der Waals surface area contributed by atoms with Gasteiger partial charge in [-0.05, 0) is 24.8 Å². The molecule has 1 amide bonds. The number of aryl methyl sites for hydroxylation is 1. The van der Waals surface area contributed by atoms with Crippen LogP contribution >= 0.6 is 0 Å². The van der Waals surface area contributed by atoms with Crippen LogP contribution in [0.3, 0.4) is 0 Å². The number of nitrogens with one attached hydrogen (secondary N) is 1. The molecule has 3 rings (SSSR count). The Labute approximate surface area is 125 Å². The number of hydrogen-bond donors (Lipinski definition) is 1. The van der Waals surface area contributed by atoms with Gasteiger partial charge in [-0.25, -0.2) is 0 Å². The molecule has 1 N–H and O–H groups in total. The minimum atomic E-state index is -0.103. The van der Waals surface area contributed by atoms with E-state index in [1.54, 1.807) is 17.1 Å². The molecule has 1 aliphatic carbocycles. The Bertz CT molecular complexity index is 612. The number of carbonyl (C=O) groups is 1. The van der Waals surface area contributed by atoms with Crippen LogP contribution < -0.4 is 5.32 Å². The first-order chi connectivity index (χ1) is 10.2. The Balaban J connectivity index is 1.76. The van der Waals surface area contributed by atoms with E-state index in [9.17, 15) is 4.79 Å². The van der Waals surface area contributed by atoms with Crippen LogP contribution in [0.2, 0.25) is 0 Å². The van der Waals surface area contributed by atoms with E-state index in [0.717, 1.165) is 19.3 Å². The van der Waals surface area contributed by atoms with Crippen molar-refractivity contribution in [1.29, 1.82) is 0 Å². The minimum absolute atomic E-state index is 0.0130. The number of hydrogen-bond acceptors (Lipinski definition) is 2. The Morgan fingerprint density at radius 3 is 2.62 bits per heavy atom. The predicted molar refractivity (Wildman–Crippen MR) is 82.0 cm³/mol. The van der Waals surface area contributed by atoms with Gasteiger partial charge in [0.1, 0.15) is 0 Å². The highest BCUT2D eigenvalue weighted by molar-refractivity contribution is 5.94. The molecule has 0 unspecified atom stereocenters. The number of carbonyl (C=O) groups excluding carboxylic acids is 1. The van der Waals surface area contributed by atoms with Gasteiger partial charge < -0.3 is 5.32 Å². The normalized spacial score (nSPS) is 16.8. The molecule has 4 heteroatoms. The largest absolute Gasteiger partial charge is 0.346 e. The number of amides is 1. The molecule has 0 radical (unpaired) electrons. The Kier molecular flexibility index (Phi) is 3.78. The summed E-state index contributed by atoms with van der Waals surface area (Å²) < 4.78 is 1.66. The van der Waals surface area contributed by atoms with Crippen LogP contribution in [-0.2, 0) is 13.5 Å². The third kappa shape index (κ3) is 3.15. The van der Waals surface area contributed by atoms with Crippen molar-refractivity contribution >= 4 is 5.91 Å². The summed E-state index contributed by atoms with van der Waals surface area (Å²) >= 11 is 0. The molecule has 0 spiro atoms. The fourth-order valence-corrected chi connectivity index (χ4v) is 3.24. The van der Waals surface area contributed by atoms with E-state index >= 15 is 0 Å². The average molecular weight is 283 g/mol. The highest BCUT2D eigenvalue weighted by atomic mass is 16.1. The summed E-state index contributed by atoms with van der Waals surface area (Å²) in [6, 6.07) is 10.4. The second-order valence-electron chi connectivity index (χ2n) is 6.01. The molecular weight excluding hydrogens is 262 g/mol. The van der Waals surface area contributed by atoms with Crippen LogP contribution in [-0.4, -0.2) is 21.2 Å². The lowest BCUT2D eigenvalue weighted by molar-refractivity contribution is 0.0899. The zero-order chi connectivity index (χ0) is 14.7. The van der Waals surface area contributed by atoms with E-state index in [-0.39, 0.29) is 11.4 Å². The van der Waals surface area contributed by atoms with E-state index in [2.05, 4.69) is 34.7 Å². The topological polar surface area (TPSA) is 46.9 Å². The standard InChI is InChI=1S/C17H21N3O/c1-20-13-15(12-18-20)16(21)19-17(9-5-6-10-17)11-14-7-3-2-4-8-14/h2-4,7-8,12-13H,5-6,9-11H2,1H3,(H,19,21). The Morgan fingerprint density at radius 2 is 2.00 bits per heavy atom. The van der Waals surface area contributed by atoms with Gasteiger partial charge in [0.05, 0.1) is 11.8 Å². The van der Waals surface area contributed by atoms with E-state index in [0.29, 0.717) is 5.56 Å². The van der Waals surface area contributed by atoms with Crippen LogP contribution in [0.5, 0.6) is 0 Å². The second-order valence-corrected chi connectivity index (χ2v) is 6.01. The molecule has 21 heavy (non-hydrogen) atoms. The van der Waals surface area contributed by atoms with Crippen molar-refractivity contribution < 1.29 is 4.79 Å². The van der Waals surface area contributed by atoms with Crippen molar-refractivity contribution in [3.63, 3.8) is 0 Å². The monoisotopic (exact) mass is 283 g/mol. The van der Waals surface area contributed by atoms with Crippen molar-refractivity contribution in [1.82, 2.24) is 15.1 Å². The lowest BCUT2D eigenvalue weighted by Crippen LogP contribution is -2.48. The molecule has 110 valence electrons. The summed E-state index contributed by atoms with van der Waals surface area (Å²) in [6.07, 6.45) is 8.75. The van der Waals surface area contributed by atoms with Gasteiger partial charge in [-0.1, -0.05) is 43.2 Å². The lowest BCUT2D eigenvalue weighted by atomic mass is 9.89. The molecule has 1 heterocycles. The summed E-state index contributed by atoms with van der Waals surface area (Å²) in [5, 5.41) is 7.35. The SMILES string of the molecule is Cn1cc(C(=O)NC2(Cc3ccccc3)CCCC2)cn1. The van der Waals surface area contributed by atoms with E-state index in [1.807, 2.05) is 13.1 Å². The lowest BCUT2D eigenvalue weighted by Gasteiger charge is -2.30. The molecule has 0 bridgehead atoms. The number of rotatable bonds is 4. The summed E-state index contributed by atoms with van der Waals surface area (Å²) in [6.45, 7) is 0. The van der Waals surface area contributed by atoms with Crippen molar-refractivity contribution in [3.05, 3.63) is 53.9 Å². The van der Waals surface area contributed by atoms with Crippen LogP contribution in [0.15, 0.2) is 42.7 Å². The molecule has 1 aliphatic rings. The summed E-state index contributed by atoms with van der Waals surface area (Å²) in [5.41, 5.74) is 1.82. The van der Waals surface area contributed by atoms with Crippen molar-refractivity contribution in [3.8, 4) is 0 Å². The maximum absolute atomic E-state index is 12.4. The highest BCUT2D eigenvalue weighted by Gasteiger charge is 2.35. The first-order valence-corrected chi connectivity index (χ1v) is 7.52. The Morgan fingerprint density at radius 1 is 1.29 bits per heavy atom. The Hall–Kier alpha value is -2.10. The van der Waals surface area contributed by atoms with E-state index < -0.39 is 0 Å². The first kappa shape index (κ1) is 13.9. The predicted octanol–water partition coefficient (Wildman–Crippen LogP) is 2.71. The van der Waals surface area contributed by atoms with Gasteiger partial charge in [-0.15, -0.1) is 0 Å². The van der Waals surface area contributed by atoms with Gasteiger partial charge in [0.15, 0.2) is 0 Å². The quantitative estimate of drug-likeness (QED) is 0.937. The van der Waals surface area contributed by atoms with Gasteiger partial charge >= 0.3 is 0 Å². The fraction of sp³-hybridized carbons (Fsp3) is 0.412. The van der Waals surface area contributed by atoms with E-state index in [1.165, 1.54) is 18.4 Å².